The molecule has 1 heterocycles. The highest BCUT2D eigenvalue weighted by Crippen LogP contribution is 2.15. The molecule has 112 valence electrons. The second-order valence-electron chi connectivity index (χ2n) is 5.11. The summed E-state index contributed by atoms with van der Waals surface area (Å²) in [6.07, 6.45) is 1.82. The normalized spacial score (nSPS) is 10.5. The maximum atomic E-state index is 11.8. The van der Waals surface area contributed by atoms with Crippen LogP contribution in [-0.2, 0) is 11.2 Å². The zero-order valence-electron chi connectivity index (χ0n) is 13.0. The van der Waals surface area contributed by atoms with Crippen molar-refractivity contribution in [2.75, 3.05) is 30.9 Å². The third kappa shape index (κ3) is 5.03. The second kappa shape index (κ2) is 7.67. The zero-order chi connectivity index (χ0) is 15.1. The van der Waals surface area contributed by atoms with Gasteiger partial charge in [0, 0.05) is 32.6 Å². The number of carbonyl (C=O) groups is 1. The number of rotatable bonds is 7. The average Bonchev–Trinajstić information content (AvgIpc) is 2.37. The van der Waals surface area contributed by atoms with E-state index in [0.29, 0.717) is 0 Å². The largest absolute Gasteiger partial charge is 0.373 e. The molecule has 0 unspecified atom stereocenters. The molecule has 1 amide bonds. The Balaban J connectivity index is 2.82. The number of carbonyl (C=O) groups excluding carboxylic acids is 1. The number of hydrogen-bond donors (Lipinski definition) is 2. The molecule has 0 saturated heterocycles. The Hall–Kier alpha value is -1.85. The molecular formula is C14H25N5O. The fraction of sp³-hybridized carbons (Fsp3) is 0.643. The highest BCUT2D eigenvalue weighted by Gasteiger charge is 2.12. The van der Waals surface area contributed by atoms with Crippen molar-refractivity contribution in [3.8, 4) is 0 Å². The SMILES string of the molecule is CCCc1nc(NC)cc(N(C)CC(=O)NC(C)C)n1. The van der Waals surface area contributed by atoms with Gasteiger partial charge in [-0.3, -0.25) is 4.79 Å². The van der Waals surface area contributed by atoms with E-state index in [2.05, 4.69) is 27.5 Å². The van der Waals surface area contributed by atoms with Gasteiger partial charge in [-0.2, -0.15) is 0 Å². The van der Waals surface area contributed by atoms with Crippen LogP contribution in [0.4, 0.5) is 11.6 Å². The van der Waals surface area contributed by atoms with E-state index in [0.717, 1.165) is 30.3 Å². The standard InChI is InChI=1S/C14H25N5O/c1-6-7-11-17-12(15-4)8-13(18-11)19(5)9-14(20)16-10(2)3/h8,10H,6-7,9H2,1-5H3,(H,16,20)(H,15,17,18). The number of nitrogens with zero attached hydrogens (tertiary/aromatic N) is 3. The molecule has 6 heteroatoms. The van der Waals surface area contributed by atoms with Crippen LogP contribution in [0.2, 0.25) is 0 Å². The Morgan fingerprint density at radius 3 is 2.65 bits per heavy atom. The first kappa shape index (κ1) is 16.2. The molecule has 0 atom stereocenters. The molecule has 0 aliphatic rings. The highest BCUT2D eigenvalue weighted by molar-refractivity contribution is 5.81. The number of anilines is 2. The van der Waals surface area contributed by atoms with E-state index < -0.39 is 0 Å². The van der Waals surface area contributed by atoms with Gasteiger partial charge in [0.1, 0.15) is 17.5 Å². The Bertz CT molecular complexity index is 447. The van der Waals surface area contributed by atoms with Crippen LogP contribution in [0.3, 0.4) is 0 Å². The van der Waals surface area contributed by atoms with E-state index in [-0.39, 0.29) is 18.5 Å². The summed E-state index contributed by atoms with van der Waals surface area (Å²) in [5, 5.41) is 5.90. The Morgan fingerprint density at radius 2 is 2.10 bits per heavy atom. The van der Waals surface area contributed by atoms with Crippen molar-refractivity contribution in [1.82, 2.24) is 15.3 Å². The van der Waals surface area contributed by atoms with E-state index in [1.165, 1.54) is 0 Å². The Morgan fingerprint density at radius 1 is 1.40 bits per heavy atom. The van der Waals surface area contributed by atoms with Crippen LogP contribution >= 0.6 is 0 Å². The van der Waals surface area contributed by atoms with Crippen molar-refractivity contribution in [2.24, 2.45) is 0 Å². The van der Waals surface area contributed by atoms with Gasteiger partial charge in [-0.25, -0.2) is 9.97 Å². The van der Waals surface area contributed by atoms with Gasteiger partial charge in [-0.05, 0) is 20.3 Å². The topological polar surface area (TPSA) is 70.2 Å². The molecule has 2 N–H and O–H groups in total. The van der Waals surface area contributed by atoms with Crippen LogP contribution in [-0.4, -0.2) is 42.6 Å². The molecule has 1 aromatic heterocycles. The molecule has 0 aliphatic carbocycles. The highest BCUT2D eigenvalue weighted by atomic mass is 16.2. The molecule has 0 radical (unpaired) electrons. The molecule has 0 aliphatic heterocycles. The quantitative estimate of drug-likeness (QED) is 0.790. The predicted octanol–water partition coefficient (Wildman–Crippen LogP) is 1.43. The van der Waals surface area contributed by atoms with E-state index >= 15 is 0 Å². The lowest BCUT2D eigenvalue weighted by atomic mass is 10.3. The first-order valence-electron chi connectivity index (χ1n) is 7.02. The lowest BCUT2D eigenvalue weighted by molar-refractivity contribution is -0.120. The number of aryl methyl sites for hydroxylation is 1. The molecule has 6 nitrogen and oxygen atoms in total. The summed E-state index contributed by atoms with van der Waals surface area (Å²) in [5.41, 5.74) is 0. The van der Waals surface area contributed by atoms with Crippen molar-refractivity contribution in [3.63, 3.8) is 0 Å². The maximum Gasteiger partial charge on any atom is 0.239 e. The van der Waals surface area contributed by atoms with Crippen LogP contribution in [0.25, 0.3) is 0 Å². The minimum Gasteiger partial charge on any atom is -0.373 e. The molecule has 0 fully saturated rings. The lowest BCUT2D eigenvalue weighted by Gasteiger charge is -2.20. The van der Waals surface area contributed by atoms with E-state index in [1.54, 1.807) is 0 Å². The first-order valence-corrected chi connectivity index (χ1v) is 7.02. The summed E-state index contributed by atoms with van der Waals surface area (Å²) in [7, 11) is 3.69. The fourth-order valence-electron chi connectivity index (χ4n) is 1.81. The van der Waals surface area contributed by atoms with Gasteiger partial charge in [-0.15, -0.1) is 0 Å². The first-order chi connectivity index (χ1) is 9.46. The predicted molar refractivity (Wildman–Crippen MR) is 82.1 cm³/mol. The van der Waals surface area contributed by atoms with Crippen LogP contribution in [0, 0.1) is 0 Å². The molecule has 20 heavy (non-hydrogen) atoms. The summed E-state index contributed by atoms with van der Waals surface area (Å²) >= 11 is 0. The molecule has 1 aromatic rings. The molecule has 0 bridgehead atoms. The molecule has 0 aromatic carbocycles. The fourth-order valence-corrected chi connectivity index (χ4v) is 1.81. The molecule has 1 rings (SSSR count). The summed E-state index contributed by atoms with van der Waals surface area (Å²) < 4.78 is 0. The Labute approximate surface area is 121 Å². The second-order valence-corrected chi connectivity index (χ2v) is 5.11. The van der Waals surface area contributed by atoms with Crippen molar-refractivity contribution < 1.29 is 4.79 Å². The third-order valence-corrected chi connectivity index (χ3v) is 2.71. The number of aromatic nitrogens is 2. The molecule has 0 saturated carbocycles. The van der Waals surface area contributed by atoms with Crippen LogP contribution in [0.1, 0.15) is 33.0 Å². The summed E-state index contributed by atoms with van der Waals surface area (Å²) in [6, 6.07) is 1.99. The lowest BCUT2D eigenvalue weighted by Crippen LogP contribution is -2.39. The van der Waals surface area contributed by atoms with Crippen LogP contribution in [0.5, 0.6) is 0 Å². The third-order valence-electron chi connectivity index (χ3n) is 2.71. The summed E-state index contributed by atoms with van der Waals surface area (Å²) in [6.45, 7) is 6.26. The zero-order valence-corrected chi connectivity index (χ0v) is 13.0. The maximum absolute atomic E-state index is 11.8. The van der Waals surface area contributed by atoms with E-state index in [9.17, 15) is 4.79 Å². The van der Waals surface area contributed by atoms with Crippen molar-refractivity contribution in [1.29, 1.82) is 0 Å². The van der Waals surface area contributed by atoms with Gasteiger partial charge < -0.3 is 15.5 Å². The van der Waals surface area contributed by atoms with Crippen molar-refractivity contribution in [3.05, 3.63) is 11.9 Å². The smallest absolute Gasteiger partial charge is 0.239 e. The van der Waals surface area contributed by atoms with Gasteiger partial charge in [0.15, 0.2) is 0 Å². The van der Waals surface area contributed by atoms with Crippen molar-refractivity contribution in [2.45, 2.75) is 39.7 Å². The number of hydrogen-bond acceptors (Lipinski definition) is 5. The van der Waals surface area contributed by atoms with E-state index in [1.807, 2.05) is 38.9 Å². The molecular weight excluding hydrogens is 254 g/mol. The van der Waals surface area contributed by atoms with Gasteiger partial charge in [-0.1, -0.05) is 6.92 Å². The average molecular weight is 279 g/mol. The number of nitrogens with one attached hydrogen (secondary N) is 2. The monoisotopic (exact) mass is 279 g/mol. The van der Waals surface area contributed by atoms with Gasteiger partial charge in [0.25, 0.3) is 0 Å². The van der Waals surface area contributed by atoms with Gasteiger partial charge in [0.05, 0.1) is 6.54 Å². The minimum atomic E-state index is -0.0100. The Kier molecular flexibility index (Phi) is 6.21. The van der Waals surface area contributed by atoms with Crippen molar-refractivity contribution >= 4 is 17.5 Å². The minimum absolute atomic E-state index is 0.0100. The molecule has 0 spiro atoms. The van der Waals surface area contributed by atoms with Gasteiger partial charge >= 0.3 is 0 Å². The summed E-state index contributed by atoms with van der Waals surface area (Å²) in [4.78, 5) is 22.5. The van der Waals surface area contributed by atoms with Gasteiger partial charge in [0.2, 0.25) is 5.91 Å². The van der Waals surface area contributed by atoms with E-state index in [4.69, 9.17) is 0 Å². The van der Waals surface area contributed by atoms with Crippen LogP contribution < -0.4 is 15.5 Å². The van der Waals surface area contributed by atoms with Crippen LogP contribution in [0.15, 0.2) is 6.07 Å². The summed E-state index contributed by atoms with van der Waals surface area (Å²) in [5.74, 6) is 2.32. The number of likely N-dealkylation sites (N-methyl/N-ethyl adjacent to an activating group) is 1. The number of amides is 1.